The highest BCUT2D eigenvalue weighted by Crippen LogP contribution is 2.32. The molecular weight excluding hydrogens is 262 g/mol. The third-order valence-corrected chi connectivity index (χ3v) is 3.51. The molecule has 0 saturated heterocycles. The summed E-state index contributed by atoms with van der Waals surface area (Å²) in [4.78, 5) is 0. The van der Waals surface area contributed by atoms with Crippen LogP contribution >= 0.6 is 0 Å². The Balaban J connectivity index is 1.99. The number of anilines is 1. The number of fused-ring (bicyclic) bond motifs is 1. The van der Waals surface area contributed by atoms with Crippen LogP contribution in [0.1, 0.15) is 25.8 Å². The zero-order valence-corrected chi connectivity index (χ0v) is 12.4. The Labute approximate surface area is 124 Å². The fraction of sp³-hybridized carbons (Fsp3) is 0.294. The molecule has 0 amide bonds. The first-order valence-corrected chi connectivity index (χ1v) is 7.41. The van der Waals surface area contributed by atoms with Crippen LogP contribution < -0.4 is 5.32 Å². The van der Waals surface area contributed by atoms with Crippen molar-refractivity contribution in [1.82, 2.24) is 10.2 Å². The third-order valence-electron chi connectivity index (χ3n) is 3.51. The van der Waals surface area contributed by atoms with Gasteiger partial charge in [-0.15, -0.1) is 10.2 Å². The van der Waals surface area contributed by atoms with E-state index in [1.807, 2.05) is 30.3 Å². The molecule has 21 heavy (non-hydrogen) atoms. The lowest BCUT2D eigenvalue weighted by Gasteiger charge is -2.03. The van der Waals surface area contributed by atoms with Crippen molar-refractivity contribution >= 4 is 16.8 Å². The van der Waals surface area contributed by atoms with Crippen LogP contribution in [-0.2, 0) is 6.42 Å². The van der Waals surface area contributed by atoms with Gasteiger partial charge in [-0.25, -0.2) is 0 Å². The van der Waals surface area contributed by atoms with E-state index in [9.17, 15) is 0 Å². The zero-order valence-electron chi connectivity index (χ0n) is 12.4. The van der Waals surface area contributed by atoms with Gasteiger partial charge < -0.3 is 9.73 Å². The number of hydrogen-bond acceptors (Lipinski definition) is 4. The minimum absolute atomic E-state index is 0.782. The SMILES string of the molecule is CCCNc1ccc(-c2oc3ccccc3c2CC)nn1. The van der Waals surface area contributed by atoms with Crippen LogP contribution in [0.5, 0.6) is 0 Å². The number of furan rings is 1. The van der Waals surface area contributed by atoms with Crippen molar-refractivity contribution in [3.05, 3.63) is 42.0 Å². The van der Waals surface area contributed by atoms with Gasteiger partial charge >= 0.3 is 0 Å². The van der Waals surface area contributed by atoms with Crippen LogP contribution in [0, 0.1) is 0 Å². The van der Waals surface area contributed by atoms with Gasteiger partial charge in [0.25, 0.3) is 0 Å². The van der Waals surface area contributed by atoms with Gasteiger partial charge in [-0.3, -0.25) is 0 Å². The zero-order chi connectivity index (χ0) is 14.7. The molecule has 0 atom stereocenters. The van der Waals surface area contributed by atoms with Gasteiger partial charge in [0, 0.05) is 17.5 Å². The van der Waals surface area contributed by atoms with E-state index in [4.69, 9.17) is 4.42 Å². The lowest BCUT2D eigenvalue weighted by atomic mass is 10.1. The molecule has 2 aromatic heterocycles. The highest BCUT2D eigenvalue weighted by molar-refractivity contribution is 5.87. The average molecular weight is 281 g/mol. The topological polar surface area (TPSA) is 51.0 Å². The molecule has 0 aliphatic carbocycles. The molecule has 1 N–H and O–H groups in total. The van der Waals surface area contributed by atoms with Gasteiger partial charge in [0.15, 0.2) is 5.76 Å². The second-order valence-electron chi connectivity index (χ2n) is 4.99. The number of rotatable bonds is 5. The second kappa shape index (κ2) is 5.95. The molecule has 0 saturated carbocycles. The van der Waals surface area contributed by atoms with Crippen molar-refractivity contribution in [3.63, 3.8) is 0 Å². The van der Waals surface area contributed by atoms with Crippen molar-refractivity contribution in [2.24, 2.45) is 0 Å². The van der Waals surface area contributed by atoms with Gasteiger partial charge in [0.05, 0.1) is 0 Å². The molecule has 4 nitrogen and oxygen atoms in total. The molecule has 1 aromatic carbocycles. The predicted molar refractivity (Wildman–Crippen MR) is 85.4 cm³/mol. The second-order valence-corrected chi connectivity index (χ2v) is 4.99. The lowest BCUT2D eigenvalue weighted by Crippen LogP contribution is -2.03. The summed E-state index contributed by atoms with van der Waals surface area (Å²) >= 11 is 0. The smallest absolute Gasteiger partial charge is 0.158 e. The van der Waals surface area contributed by atoms with Gasteiger partial charge in [0.2, 0.25) is 0 Å². The van der Waals surface area contributed by atoms with E-state index in [-0.39, 0.29) is 0 Å². The maximum atomic E-state index is 5.97. The summed E-state index contributed by atoms with van der Waals surface area (Å²) in [6.45, 7) is 5.15. The van der Waals surface area contributed by atoms with E-state index in [0.29, 0.717) is 0 Å². The molecule has 108 valence electrons. The Morgan fingerprint density at radius 2 is 1.90 bits per heavy atom. The Morgan fingerprint density at radius 1 is 1.05 bits per heavy atom. The third kappa shape index (κ3) is 2.61. The van der Waals surface area contributed by atoms with Crippen LogP contribution in [0.25, 0.3) is 22.4 Å². The first-order valence-electron chi connectivity index (χ1n) is 7.41. The molecule has 0 spiro atoms. The Hall–Kier alpha value is -2.36. The quantitative estimate of drug-likeness (QED) is 0.758. The van der Waals surface area contributed by atoms with Crippen LogP contribution in [0.4, 0.5) is 5.82 Å². The highest BCUT2D eigenvalue weighted by Gasteiger charge is 2.15. The van der Waals surface area contributed by atoms with Crippen molar-refractivity contribution in [2.75, 3.05) is 11.9 Å². The number of nitrogens with one attached hydrogen (secondary N) is 1. The molecular formula is C17H19N3O. The standard InChI is InChI=1S/C17H19N3O/c1-3-11-18-16-10-9-14(19-20-16)17-12(4-2)13-7-5-6-8-15(13)21-17/h5-10H,3-4,11H2,1-2H3,(H,18,20). The summed E-state index contributed by atoms with van der Waals surface area (Å²) in [6.07, 6.45) is 1.97. The van der Waals surface area contributed by atoms with E-state index in [1.165, 1.54) is 5.56 Å². The molecule has 3 aromatic rings. The fourth-order valence-electron chi connectivity index (χ4n) is 2.46. The van der Waals surface area contributed by atoms with Crippen molar-refractivity contribution < 1.29 is 4.42 Å². The molecule has 0 unspecified atom stereocenters. The summed E-state index contributed by atoms with van der Waals surface area (Å²) in [7, 11) is 0. The summed E-state index contributed by atoms with van der Waals surface area (Å²) in [5.41, 5.74) is 2.87. The predicted octanol–water partition coefficient (Wildman–Crippen LogP) is 4.27. The number of aromatic nitrogens is 2. The van der Waals surface area contributed by atoms with Crippen LogP contribution in [-0.4, -0.2) is 16.7 Å². The normalized spacial score (nSPS) is 11.0. The fourth-order valence-corrected chi connectivity index (χ4v) is 2.46. The van der Waals surface area contributed by atoms with E-state index >= 15 is 0 Å². The van der Waals surface area contributed by atoms with Gasteiger partial charge in [0.1, 0.15) is 17.1 Å². The number of hydrogen-bond donors (Lipinski definition) is 1. The number of nitrogens with zero attached hydrogens (tertiary/aromatic N) is 2. The monoisotopic (exact) mass is 281 g/mol. The maximum absolute atomic E-state index is 5.97. The average Bonchev–Trinajstić information content (AvgIpc) is 2.92. The van der Waals surface area contributed by atoms with Gasteiger partial charge in [-0.2, -0.15) is 0 Å². The van der Waals surface area contributed by atoms with Crippen LogP contribution in [0.2, 0.25) is 0 Å². The van der Waals surface area contributed by atoms with Gasteiger partial charge in [-0.05, 0) is 31.0 Å². The molecule has 4 heteroatoms. The van der Waals surface area contributed by atoms with Crippen molar-refractivity contribution in [2.45, 2.75) is 26.7 Å². The summed E-state index contributed by atoms with van der Waals surface area (Å²) in [5.74, 6) is 1.63. The number of benzene rings is 1. The van der Waals surface area contributed by atoms with E-state index < -0.39 is 0 Å². The Morgan fingerprint density at radius 3 is 2.62 bits per heavy atom. The van der Waals surface area contributed by atoms with E-state index in [2.05, 4.69) is 35.4 Å². The summed E-state index contributed by atoms with van der Waals surface area (Å²) < 4.78 is 5.97. The molecule has 0 aliphatic heterocycles. The summed E-state index contributed by atoms with van der Waals surface area (Å²) in [5, 5.41) is 12.9. The number of para-hydroxylation sites is 1. The molecule has 0 fully saturated rings. The van der Waals surface area contributed by atoms with Gasteiger partial charge in [-0.1, -0.05) is 32.0 Å². The lowest BCUT2D eigenvalue weighted by molar-refractivity contribution is 0.623. The number of aryl methyl sites for hydroxylation is 1. The molecule has 0 bridgehead atoms. The molecule has 2 heterocycles. The minimum Gasteiger partial charge on any atom is -0.454 e. The first kappa shape index (κ1) is 13.6. The molecule has 3 rings (SSSR count). The Kier molecular flexibility index (Phi) is 3.86. The van der Waals surface area contributed by atoms with E-state index in [0.717, 1.165) is 47.6 Å². The summed E-state index contributed by atoms with van der Waals surface area (Å²) in [6, 6.07) is 12.0. The van der Waals surface area contributed by atoms with Crippen LogP contribution in [0.15, 0.2) is 40.8 Å². The van der Waals surface area contributed by atoms with E-state index in [1.54, 1.807) is 0 Å². The highest BCUT2D eigenvalue weighted by atomic mass is 16.3. The Bertz CT molecular complexity index is 731. The molecule has 0 radical (unpaired) electrons. The van der Waals surface area contributed by atoms with Crippen LogP contribution in [0.3, 0.4) is 0 Å². The first-order chi connectivity index (χ1) is 10.3. The van der Waals surface area contributed by atoms with Crippen molar-refractivity contribution in [1.29, 1.82) is 0 Å². The molecule has 0 aliphatic rings. The minimum atomic E-state index is 0.782. The largest absolute Gasteiger partial charge is 0.454 e. The van der Waals surface area contributed by atoms with Crippen molar-refractivity contribution in [3.8, 4) is 11.5 Å². The maximum Gasteiger partial charge on any atom is 0.158 e.